The van der Waals surface area contributed by atoms with Gasteiger partial charge in [0.2, 0.25) is 11.1 Å². The van der Waals surface area contributed by atoms with Gasteiger partial charge in [-0.1, -0.05) is 42.3 Å². The number of carbonyl (C=O) groups excluding carboxylic acids is 1. The molecule has 6 nitrogen and oxygen atoms in total. The third-order valence-electron chi connectivity index (χ3n) is 4.84. The smallest absolute Gasteiger partial charge is 0.241 e. The van der Waals surface area contributed by atoms with Crippen LogP contribution in [0.25, 0.3) is 0 Å². The van der Waals surface area contributed by atoms with Crippen molar-refractivity contribution in [2.45, 2.75) is 43.9 Å². The molecule has 0 bridgehead atoms. The third-order valence-corrected chi connectivity index (χ3v) is 5.98. The largest absolute Gasteiger partial charge is 0.485 e. The summed E-state index contributed by atoms with van der Waals surface area (Å²) in [7, 11) is 0. The van der Waals surface area contributed by atoms with Crippen molar-refractivity contribution in [1.29, 1.82) is 0 Å². The molecule has 1 fully saturated rings. The Bertz CT molecular complexity index is 791. The molecule has 1 aromatic carbocycles. The molecule has 2 aliphatic rings. The topological polar surface area (TPSA) is 60.3 Å². The molecule has 2 heterocycles. The van der Waals surface area contributed by atoms with E-state index in [1.807, 2.05) is 16.8 Å². The fourth-order valence-corrected chi connectivity index (χ4v) is 4.60. The lowest BCUT2D eigenvalue weighted by Gasteiger charge is -2.30. The van der Waals surface area contributed by atoms with Crippen molar-refractivity contribution in [3.63, 3.8) is 0 Å². The van der Waals surface area contributed by atoms with Gasteiger partial charge in [0.05, 0.1) is 6.54 Å². The summed E-state index contributed by atoms with van der Waals surface area (Å²) in [5.41, 5.74) is 0. The Morgan fingerprint density at radius 1 is 1.31 bits per heavy atom. The van der Waals surface area contributed by atoms with Crippen LogP contribution in [0.1, 0.15) is 37.9 Å². The molecule has 0 radical (unpaired) electrons. The molecule has 1 aliphatic carbocycles. The lowest BCUT2D eigenvalue weighted by molar-refractivity contribution is -0.121. The van der Waals surface area contributed by atoms with Gasteiger partial charge in [-0.15, -0.1) is 10.2 Å². The van der Waals surface area contributed by atoms with E-state index in [4.69, 9.17) is 16.3 Å². The summed E-state index contributed by atoms with van der Waals surface area (Å²) < 4.78 is 7.63. The summed E-state index contributed by atoms with van der Waals surface area (Å²) in [6.07, 6.45) is 5.41. The van der Waals surface area contributed by atoms with Crippen molar-refractivity contribution < 1.29 is 9.53 Å². The number of hydrogen-bond acceptors (Lipinski definition) is 5. The van der Waals surface area contributed by atoms with Crippen LogP contribution in [0.2, 0.25) is 5.02 Å². The van der Waals surface area contributed by atoms with Crippen LogP contribution in [0.15, 0.2) is 29.4 Å². The molecule has 1 saturated carbocycles. The number of ether oxygens (including phenoxy) is 1. The number of benzene rings is 1. The number of thioether (sulfide) groups is 1. The molecule has 8 heteroatoms. The van der Waals surface area contributed by atoms with Crippen LogP contribution in [0.5, 0.6) is 5.75 Å². The molecule has 138 valence electrons. The number of aromatic nitrogens is 3. The van der Waals surface area contributed by atoms with Gasteiger partial charge in [0.15, 0.2) is 5.82 Å². The van der Waals surface area contributed by atoms with Crippen LogP contribution in [-0.4, -0.2) is 33.1 Å². The maximum atomic E-state index is 12.9. The Hall–Kier alpha value is -1.73. The molecule has 1 aromatic heterocycles. The zero-order chi connectivity index (χ0) is 17.9. The highest BCUT2D eigenvalue weighted by molar-refractivity contribution is 7.99. The average molecular weight is 393 g/mol. The first-order chi connectivity index (χ1) is 12.7. The molecule has 1 aliphatic heterocycles. The summed E-state index contributed by atoms with van der Waals surface area (Å²) in [4.78, 5) is 12.9. The predicted octanol–water partition coefficient (Wildman–Crippen LogP) is 3.66. The van der Waals surface area contributed by atoms with Crippen LogP contribution in [0.3, 0.4) is 0 Å². The van der Waals surface area contributed by atoms with Gasteiger partial charge in [0.1, 0.15) is 12.4 Å². The van der Waals surface area contributed by atoms with Crippen molar-refractivity contribution in [3.05, 3.63) is 35.1 Å². The Morgan fingerprint density at radius 2 is 2.15 bits per heavy atom. The van der Waals surface area contributed by atoms with Crippen molar-refractivity contribution in [2.24, 2.45) is 5.92 Å². The summed E-state index contributed by atoms with van der Waals surface area (Å²) in [6, 6.07) is 7.24. The summed E-state index contributed by atoms with van der Waals surface area (Å²) in [5.74, 6) is 2.81. The van der Waals surface area contributed by atoms with E-state index < -0.39 is 0 Å². The summed E-state index contributed by atoms with van der Waals surface area (Å²) in [5, 5.41) is 11.6. The number of rotatable bonds is 5. The minimum Gasteiger partial charge on any atom is -0.485 e. The SMILES string of the molecule is O=C(CC1CCCC1)N1CCSc2nnc(COc3cccc(Cl)c3)n21. The van der Waals surface area contributed by atoms with E-state index in [1.165, 1.54) is 12.8 Å². The first kappa shape index (κ1) is 17.7. The van der Waals surface area contributed by atoms with Crippen molar-refractivity contribution >= 4 is 29.3 Å². The van der Waals surface area contributed by atoms with Gasteiger partial charge in [-0.3, -0.25) is 4.79 Å². The quantitative estimate of drug-likeness (QED) is 0.777. The van der Waals surface area contributed by atoms with E-state index in [2.05, 4.69) is 10.2 Å². The standard InChI is InChI=1S/C18H21ClN4O2S/c19-14-6-3-7-15(11-14)25-12-16-20-21-18-23(16)22(8-9-26-18)17(24)10-13-4-1-2-5-13/h3,6-7,11,13H,1-2,4-5,8-10,12H2. The van der Waals surface area contributed by atoms with Gasteiger partial charge in [-0.25, -0.2) is 9.69 Å². The second-order valence-electron chi connectivity index (χ2n) is 6.68. The number of halogens is 1. The lowest BCUT2D eigenvalue weighted by atomic mass is 10.0. The van der Waals surface area contributed by atoms with Crippen molar-refractivity contribution in [1.82, 2.24) is 14.9 Å². The van der Waals surface area contributed by atoms with E-state index in [-0.39, 0.29) is 12.5 Å². The van der Waals surface area contributed by atoms with E-state index in [0.717, 1.165) is 23.8 Å². The summed E-state index contributed by atoms with van der Waals surface area (Å²) >= 11 is 7.61. The van der Waals surface area contributed by atoms with E-state index in [9.17, 15) is 4.79 Å². The molecule has 4 rings (SSSR count). The number of nitrogens with zero attached hydrogens (tertiary/aromatic N) is 4. The Labute approximate surface area is 161 Å². The lowest BCUT2D eigenvalue weighted by Crippen LogP contribution is -2.46. The van der Waals surface area contributed by atoms with Gasteiger partial charge in [-0.2, -0.15) is 0 Å². The second-order valence-corrected chi connectivity index (χ2v) is 8.18. The second kappa shape index (κ2) is 7.88. The maximum absolute atomic E-state index is 12.9. The highest BCUT2D eigenvalue weighted by Gasteiger charge is 2.29. The Kier molecular flexibility index (Phi) is 5.36. The molecule has 0 N–H and O–H groups in total. The molecule has 1 amide bonds. The van der Waals surface area contributed by atoms with E-state index in [1.54, 1.807) is 28.9 Å². The highest BCUT2D eigenvalue weighted by atomic mass is 35.5. The monoisotopic (exact) mass is 392 g/mol. The van der Waals surface area contributed by atoms with Crippen LogP contribution in [-0.2, 0) is 11.4 Å². The maximum Gasteiger partial charge on any atom is 0.241 e. The number of hydrogen-bond donors (Lipinski definition) is 0. The predicted molar refractivity (Wildman–Crippen MR) is 101 cm³/mol. The van der Waals surface area contributed by atoms with Gasteiger partial charge in [0.25, 0.3) is 0 Å². The fraction of sp³-hybridized carbons (Fsp3) is 0.500. The zero-order valence-corrected chi connectivity index (χ0v) is 16.0. The van der Waals surface area contributed by atoms with Gasteiger partial charge in [0, 0.05) is 17.2 Å². The van der Waals surface area contributed by atoms with Gasteiger partial charge in [-0.05, 0) is 37.0 Å². The molecule has 0 saturated heterocycles. The Morgan fingerprint density at radius 3 is 2.96 bits per heavy atom. The first-order valence-electron chi connectivity index (χ1n) is 8.97. The summed E-state index contributed by atoms with van der Waals surface area (Å²) in [6.45, 7) is 0.909. The van der Waals surface area contributed by atoms with Crippen molar-refractivity contribution in [3.8, 4) is 5.75 Å². The molecular formula is C18H21ClN4O2S. The molecular weight excluding hydrogens is 372 g/mol. The van der Waals surface area contributed by atoms with Crippen LogP contribution in [0, 0.1) is 5.92 Å². The third kappa shape index (κ3) is 3.83. The first-order valence-corrected chi connectivity index (χ1v) is 10.3. The fourth-order valence-electron chi connectivity index (χ4n) is 3.55. The minimum absolute atomic E-state index is 0.155. The van der Waals surface area contributed by atoms with Crippen molar-refractivity contribution in [2.75, 3.05) is 17.3 Å². The number of fused-ring (bicyclic) bond motifs is 1. The molecule has 0 spiro atoms. The minimum atomic E-state index is 0.155. The Balaban J connectivity index is 1.49. The van der Waals surface area contributed by atoms with Crippen LogP contribution >= 0.6 is 23.4 Å². The molecule has 2 aromatic rings. The van der Waals surface area contributed by atoms with E-state index >= 15 is 0 Å². The number of amides is 1. The molecule has 26 heavy (non-hydrogen) atoms. The highest BCUT2D eigenvalue weighted by Crippen LogP contribution is 2.29. The molecule has 0 atom stereocenters. The van der Waals surface area contributed by atoms with Crippen LogP contribution < -0.4 is 9.75 Å². The normalized spacial score (nSPS) is 17.3. The molecule has 0 unspecified atom stereocenters. The van der Waals surface area contributed by atoms with Crippen LogP contribution in [0.4, 0.5) is 0 Å². The zero-order valence-electron chi connectivity index (χ0n) is 14.4. The average Bonchev–Trinajstić information content (AvgIpc) is 3.29. The van der Waals surface area contributed by atoms with Gasteiger partial charge < -0.3 is 4.74 Å². The van der Waals surface area contributed by atoms with Gasteiger partial charge >= 0.3 is 0 Å². The van der Waals surface area contributed by atoms with E-state index in [0.29, 0.717) is 35.5 Å². The number of carbonyl (C=O) groups is 1.